The van der Waals surface area contributed by atoms with Gasteiger partial charge in [0.1, 0.15) is 17.4 Å². The van der Waals surface area contributed by atoms with Gasteiger partial charge >= 0.3 is 5.97 Å². The van der Waals surface area contributed by atoms with Gasteiger partial charge in [0.15, 0.2) is 6.61 Å². The Labute approximate surface area is 207 Å². The largest absolute Gasteiger partial charge is 0.480 e. The molecule has 1 N–H and O–H groups in total. The Morgan fingerprint density at radius 2 is 1.71 bits per heavy atom. The van der Waals surface area contributed by atoms with Crippen LogP contribution in [0.15, 0.2) is 48.0 Å². The minimum absolute atomic E-state index is 0.0685. The minimum Gasteiger partial charge on any atom is -0.480 e. The van der Waals surface area contributed by atoms with E-state index in [-0.39, 0.29) is 11.5 Å². The Kier molecular flexibility index (Phi) is 8.14. The van der Waals surface area contributed by atoms with Crippen molar-refractivity contribution >= 4 is 68.8 Å². The van der Waals surface area contributed by atoms with Gasteiger partial charge in [0.25, 0.3) is 5.91 Å². The first kappa shape index (κ1) is 23.3. The number of hydrogen-bond donors (Lipinski definition) is 1. The molecule has 0 aliphatic carbocycles. The van der Waals surface area contributed by atoms with E-state index >= 15 is 0 Å². The average Bonchev–Trinajstić information content (AvgIpc) is 2.77. The number of nitrogens with zero attached hydrogens (tertiary/aromatic N) is 3. The molecule has 0 atom stereocenters. The van der Waals surface area contributed by atoms with E-state index in [4.69, 9.17) is 9.84 Å². The predicted molar refractivity (Wildman–Crippen MR) is 134 cm³/mol. The highest BCUT2D eigenvalue weighted by molar-refractivity contribution is 14.1. The second-order valence-corrected chi connectivity index (χ2v) is 9.11. The Morgan fingerprint density at radius 1 is 1.10 bits per heavy atom. The number of nitriles is 1. The molecular weight excluding hydrogens is 624 g/mol. The van der Waals surface area contributed by atoms with Crippen LogP contribution >= 0.6 is 45.2 Å². The normalized spacial score (nSPS) is 14.2. The summed E-state index contributed by atoms with van der Waals surface area (Å²) in [5.41, 5.74) is 1.88. The van der Waals surface area contributed by atoms with Gasteiger partial charge in [0.2, 0.25) is 0 Å². The average molecular weight is 643 g/mol. The number of hydrogen-bond acceptors (Lipinski definition) is 5. The van der Waals surface area contributed by atoms with E-state index in [1.165, 1.54) is 0 Å². The van der Waals surface area contributed by atoms with Crippen molar-refractivity contribution in [1.82, 2.24) is 4.90 Å². The molecular formula is C22H19I2N3O4. The minimum atomic E-state index is -1.06. The highest BCUT2D eigenvalue weighted by atomic mass is 127. The molecule has 0 aromatic heterocycles. The maximum Gasteiger partial charge on any atom is 0.341 e. The van der Waals surface area contributed by atoms with Gasteiger partial charge < -0.3 is 19.6 Å². The van der Waals surface area contributed by atoms with Crippen molar-refractivity contribution in [3.05, 3.63) is 60.7 Å². The summed E-state index contributed by atoms with van der Waals surface area (Å²) >= 11 is 4.10. The molecule has 1 aliphatic heterocycles. The fraction of sp³-hybridized carbons (Fsp3) is 0.227. The molecule has 0 saturated carbocycles. The molecule has 2 aromatic carbocycles. The molecule has 160 valence electrons. The molecule has 1 fully saturated rings. The molecule has 0 unspecified atom stereocenters. The second-order valence-electron chi connectivity index (χ2n) is 6.78. The maximum absolute atomic E-state index is 12.9. The molecule has 9 heteroatoms. The van der Waals surface area contributed by atoms with Crippen LogP contribution in [0.3, 0.4) is 0 Å². The molecule has 1 amide bonds. The lowest BCUT2D eigenvalue weighted by Gasteiger charge is -2.36. The zero-order chi connectivity index (χ0) is 22.4. The van der Waals surface area contributed by atoms with Gasteiger partial charge in [-0.3, -0.25) is 4.79 Å². The van der Waals surface area contributed by atoms with Crippen LogP contribution in [0, 0.1) is 18.5 Å². The van der Waals surface area contributed by atoms with Crippen LogP contribution in [-0.4, -0.2) is 54.7 Å². The van der Waals surface area contributed by atoms with Gasteiger partial charge in [0.05, 0.1) is 7.14 Å². The van der Waals surface area contributed by atoms with E-state index in [0.717, 1.165) is 5.69 Å². The molecule has 1 heterocycles. The Hall–Kier alpha value is -2.33. The zero-order valence-electron chi connectivity index (χ0n) is 16.4. The summed E-state index contributed by atoms with van der Waals surface area (Å²) in [7, 11) is 0. The van der Waals surface area contributed by atoms with E-state index < -0.39 is 12.6 Å². The summed E-state index contributed by atoms with van der Waals surface area (Å²) in [5, 5.41) is 18.4. The number of ether oxygens (including phenoxy) is 1. The number of aliphatic carboxylic acids is 1. The molecule has 31 heavy (non-hydrogen) atoms. The molecule has 1 aliphatic rings. The first-order valence-corrected chi connectivity index (χ1v) is 11.6. The fourth-order valence-electron chi connectivity index (χ4n) is 3.22. The number of carboxylic acids is 1. The van der Waals surface area contributed by atoms with Crippen molar-refractivity contribution in [1.29, 1.82) is 5.26 Å². The number of para-hydroxylation sites is 1. The predicted octanol–water partition coefficient (Wildman–Crippen LogP) is 3.61. The Bertz CT molecular complexity index is 1020. The SMILES string of the molecule is N#C/C(=C/c1cc(I)c(OCC(=O)O)c(I)c1)C(=O)N1CCN(c2ccccc2)CC1. The van der Waals surface area contributed by atoms with Crippen LogP contribution in [-0.2, 0) is 9.59 Å². The van der Waals surface area contributed by atoms with Crippen molar-refractivity contribution in [2.24, 2.45) is 0 Å². The van der Waals surface area contributed by atoms with E-state index in [9.17, 15) is 14.9 Å². The lowest BCUT2D eigenvalue weighted by molar-refractivity contribution is -0.139. The van der Waals surface area contributed by atoms with Crippen LogP contribution in [0.2, 0.25) is 0 Å². The number of amides is 1. The molecule has 1 saturated heterocycles. The first-order valence-electron chi connectivity index (χ1n) is 9.43. The van der Waals surface area contributed by atoms with E-state index in [2.05, 4.69) is 4.90 Å². The highest BCUT2D eigenvalue weighted by Gasteiger charge is 2.24. The van der Waals surface area contributed by atoms with Crippen LogP contribution in [0.1, 0.15) is 5.56 Å². The molecule has 7 nitrogen and oxygen atoms in total. The van der Waals surface area contributed by atoms with Crippen molar-refractivity contribution in [2.45, 2.75) is 0 Å². The van der Waals surface area contributed by atoms with Gasteiger partial charge in [-0.1, -0.05) is 18.2 Å². The molecule has 0 spiro atoms. The lowest BCUT2D eigenvalue weighted by Crippen LogP contribution is -2.49. The van der Waals surface area contributed by atoms with Gasteiger partial charge in [0, 0.05) is 31.9 Å². The zero-order valence-corrected chi connectivity index (χ0v) is 20.7. The Balaban J connectivity index is 1.71. The molecule has 0 radical (unpaired) electrons. The fourth-order valence-corrected chi connectivity index (χ4v) is 5.35. The van der Waals surface area contributed by atoms with Crippen molar-refractivity contribution in [3.63, 3.8) is 0 Å². The summed E-state index contributed by atoms with van der Waals surface area (Å²) < 4.78 is 6.74. The number of halogens is 2. The number of benzene rings is 2. The second kappa shape index (κ2) is 10.8. The number of anilines is 1. The number of carboxylic acid groups (broad SMARTS) is 1. The lowest BCUT2D eigenvalue weighted by atomic mass is 10.1. The van der Waals surface area contributed by atoms with Crippen LogP contribution in [0.5, 0.6) is 5.75 Å². The van der Waals surface area contributed by atoms with Crippen LogP contribution in [0.25, 0.3) is 6.08 Å². The van der Waals surface area contributed by atoms with E-state index in [1.54, 1.807) is 23.1 Å². The van der Waals surface area contributed by atoms with Gasteiger partial charge in [-0.15, -0.1) is 0 Å². The van der Waals surface area contributed by atoms with Crippen LogP contribution in [0.4, 0.5) is 5.69 Å². The molecule has 2 aromatic rings. The first-order chi connectivity index (χ1) is 14.9. The third kappa shape index (κ3) is 6.10. The summed E-state index contributed by atoms with van der Waals surface area (Å²) in [6.45, 7) is 2.07. The third-order valence-corrected chi connectivity index (χ3v) is 6.31. The third-order valence-electron chi connectivity index (χ3n) is 4.71. The van der Waals surface area contributed by atoms with Gasteiger partial charge in [-0.05, 0) is 81.1 Å². The van der Waals surface area contributed by atoms with E-state index in [1.807, 2.05) is 81.6 Å². The summed E-state index contributed by atoms with van der Waals surface area (Å²) in [4.78, 5) is 27.6. The number of rotatable bonds is 6. The number of piperazine rings is 1. The Morgan fingerprint density at radius 3 is 2.26 bits per heavy atom. The topological polar surface area (TPSA) is 93.9 Å². The number of carbonyl (C=O) groups excluding carboxylic acids is 1. The van der Waals surface area contributed by atoms with Gasteiger partial charge in [-0.2, -0.15) is 5.26 Å². The van der Waals surface area contributed by atoms with Crippen molar-refractivity contribution in [2.75, 3.05) is 37.7 Å². The molecule has 0 bridgehead atoms. The number of carbonyl (C=O) groups is 2. The van der Waals surface area contributed by atoms with Gasteiger partial charge in [-0.25, -0.2) is 4.79 Å². The monoisotopic (exact) mass is 643 g/mol. The summed E-state index contributed by atoms with van der Waals surface area (Å²) in [6.07, 6.45) is 1.57. The van der Waals surface area contributed by atoms with E-state index in [0.29, 0.717) is 44.6 Å². The maximum atomic E-state index is 12.9. The summed E-state index contributed by atoms with van der Waals surface area (Å²) in [6, 6.07) is 15.6. The molecule has 3 rings (SSSR count). The summed E-state index contributed by atoms with van der Waals surface area (Å²) in [5.74, 6) is -0.866. The standard InChI is InChI=1S/C22H19I2N3O4/c23-18-11-15(12-19(24)21(18)31-14-20(28)29)10-16(13-25)22(30)27-8-6-26(7-9-27)17-4-2-1-3-5-17/h1-5,10-12H,6-9,14H2,(H,28,29)/b16-10-. The quantitative estimate of drug-likeness (QED) is 0.294. The van der Waals surface area contributed by atoms with Crippen molar-refractivity contribution < 1.29 is 19.4 Å². The van der Waals surface area contributed by atoms with Crippen LogP contribution < -0.4 is 9.64 Å². The smallest absolute Gasteiger partial charge is 0.341 e. The van der Waals surface area contributed by atoms with Crippen molar-refractivity contribution in [3.8, 4) is 11.8 Å². The highest BCUT2D eigenvalue weighted by Crippen LogP contribution is 2.30.